The number of hydrogen-bond acceptors (Lipinski definition) is 5. The Morgan fingerprint density at radius 2 is 2.45 bits per heavy atom. The Morgan fingerprint density at radius 1 is 1.55 bits per heavy atom. The summed E-state index contributed by atoms with van der Waals surface area (Å²) < 4.78 is 5.28. The minimum absolute atomic E-state index is 0.0148. The van der Waals surface area contributed by atoms with Gasteiger partial charge in [-0.3, -0.25) is 4.79 Å². The van der Waals surface area contributed by atoms with Gasteiger partial charge in [-0.15, -0.1) is 11.3 Å². The number of rotatable bonds is 3. The van der Waals surface area contributed by atoms with E-state index in [9.17, 15) is 9.90 Å². The lowest BCUT2D eigenvalue weighted by atomic mass is 10.0. The van der Waals surface area contributed by atoms with Crippen LogP contribution in [0.15, 0.2) is 28.2 Å². The van der Waals surface area contributed by atoms with E-state index in [2.05, 4.69) is 4.98 Å². The van der Waals surface area contributed by atoms with Crippen LogP contribution in [0.25, 0.3) is 10.8 Å². The first-order chi connectivity index (χ1) is 9.79. The number of carbonyl (C=O) groups is 1. The Labute approximate surface area is 120 Å². The SMILES string of the molecule is O=C(c1csc(-c2ccco2)n1)N1CCCCC1CO. The molecule has 1 amide bonds. The molecule has 1 unspecified atom stereocenters. The van der Waals surface area contributed by atoms with Gasteiger partial charge in [0.25, 0.3) is 5.91 Å². The van der Waals surface area contributed by atoms with Crippen molar-refractivity contribution in [2.45, 2.75) is 25.3 Å². The lowest BCUT2D eigenvalue weighted by Crippen LogP contribution is -2.45. The number of furan rings is 1. The molecule has 1 N–H and O–H groups in total. The van der Waals surface area contributed by atoms with Gasteiger partial charge in [0, 0.05) is 11.9 Å². The standard InChI is InChI=1S/C14H16N2O3S/c17-8-10-4-1-2-6-16(10)14(18)11-9-20-13(15-11)12-5-3-7-19-12/h3,5,7,9-10,17H,1-2,4,6,8H2. The van der Waals surface area contributed by atoms with Gasteiger partial charge in [0.2, 0.25) is 0 Å². The Morgan fingerprint density at radius 3 is 3.20 bits per heavy atom. The average Bonchev–Trinajstić information content (AvgIpc) is 3.16. The lowest BCUT2D eigenvalue weighted by molar-refractivity contribution is 0.0498. The zero-order chi connectivity index (χ0) is 13.9. The Bertz CT molecular complexity index is 579. The highest BCUT2D eigenvalue weighted by atomic mass is 32.1. The number of amides is 1. The third-order valence-corrected chi connectivity index (χ3v) is 4.41. The van der Waals surface area contributed by atoms with E-state index < -0.39 is 0 Å². The first kappa shape index (κ1) is 13.3. The van der Waals surface area contributed by atoms with Crippen molar-refractivity contribution in [3.05, 3.63) is 29.5 Å². The zero-order valence-corrected chi connectivity index (χ0v) is 11.8. The maximum Gasteiger partial charge on any atom is 0.273 e. The van der Waals surface area contributed by atoms with Crippen LogP contribution in [0.2, 0.25) is 0 Å². The Balaban J connectivity index is 1.80. The molecule has 2 aromatic heterocycles. The van der Waals surface area contributed by atoms with E-state index in [4.69, 9.17) is 4.42 Å². The second kappa shape index (κ2) is 5.76. The van der Waals surface area contributed by atoms with Gasteiger partial charge in [-0.05, 0) is 31.4 Å². The molecule has 0 aromatic carbocycles. The average molecular weight is 292 g/mol. The molecular formula is C14H16N2O3S. The normalized spacial score (nSPS) is 19.2. The van der Waals surface area contributed by atoms with Crippen molar-refractivity contribution in [3.8, 4) is 10.8 Å². The fourth-order valence-corrected chi connectivity index (χ4v) is 3.25. The fraction of sp³-hybridized carbons (Fsp3) is 0.429. The molecule has 6 heteroatoms. The maximum absolute atomic E-state index is 12.5. The maximum atomic E-state index is 12.5. The van der Waals surface area contributed by atoms with Gasteiger partial charge >= 0.3 is 0 Å². The summed E-state index contributed by atoms with van der Waals surface area (Å²) in [6, 6.07) is 3.54. The summed E-state index contributed by atoms with van der Waals surface area (Å²) in [6.45, 7) is 0.707. The summed E-state index contributed by atoms with van der Waals surface area (Å²) in [7, 11) is 0. The number of hydrogen-bond donors (Lipinski definition) is 1. The second-order valence-corrected chi connectivity index (χ2v) is 5.70. The van der Waals surface area contributed by atoms with Crippen LogP contribution in [0.1, 0.15) is 29.8 Å². The van der Waals surface area contributed by atoms with Crippen molar-refractivity contribution < 1.29 is 14.3 Å². The monoisotopic (exact) mass is 292 g/mol. The molecule has 3 rings (SSSR count). The van der Waals surface area contributed by atoms with Gasteiger partial charge in [0.1, 0.15) is 5.69 Å². The van der Waals surface area contributed by atoms with Crippen LogP contribution in [-0.2, 0) is 0 Å². The van der Waals surface area contributed by atoms with Crippen molar-refractivity contribution in [1.29, 1.82) is 0 Å². The van der Waals surface area contributed by atoms with Crippen LogP contribution in [0.3, 0.4) is 0 Å². The molecule has 1 aliphatic rings. The highest BCUT2D eigenvalue weighted by Gasteiger charge is 2.28. The number of carbonyl (C=O) groups excluding carboxylic acids is 1. The van der Waals surface area contributed by atoms with Crippen LogP contribution in [-0.4, -0.2) is 40.1 Å². The summed E-state index contributed by atoms with van der Waals surface area (Å²) in [5.74, 6) is 0.573. The molecule has 0 saturated carbocycles. The Hall–Kier alpha value is -1.66. The van der Waals surface area contributed by atoms with Crippen molar-refractivity contribution in [2.75, 3.05) is 13.2 Å². The molecule has 1 atom stereocenters. The van der Waals surface area contributed by atoms with E-state index in [1.54, 1.807) is 22.6 Å². The third kappa shape index (κ3) is 2.48. The zero-order valence-electron chi connectivity index (χ0n) is 11.0. The summed E-state index contributed by atoms with van der Waals surface area (Å²) >= 11 is 1.39. The smallest absolute Gasteiger partial charge is 0.273 e. The summed E-state index contributed by atoms with van der Waals surface area (Å²) in [6.07, 6.45) is 4.49. The van der Waals surface area contributed by atoms with Crippen LogP contribution >= 0.6 is 11.3 Å². The molecule has 106 valence electrons. The first-order valence-electron chi connectivity index (χ1n) is 6.71. The molecule has 5 nitrogen and oxygen atoms in total. The van der Waals surface area contributed by atoms with Gasteiger partial charge in [0.05, 0.1) is 18.9 Å². The minimum atomic E-state index is -0.0993. The van der Waals surface area contributed by atoms with Crippen LogP contribution in [0.4, 0.5) is 0 Å². The number of aliphatic hydroxyl groups is 1. The van der Waals surface area contributed by atoms with Gasteiger partial charge in [0.15, 0.2) is 10.8 Å². The number of thiazole rings is 1. The van der Waals surface area contributed by atoms with Crippen molar-refractivity contribution in [3.63, 3.8) is 0 Å². The van der Waals surface area contributed by atoms with Crippen molar-refractivity contribution in [2.24, 2.45) is 0 Å². The predicted molar refractivity (Wildman–Crippen MR) is 75.6 cm³/mol. The van der Waals surface area contributed by atoms with E-state index in [1.165, 1.54) is 11.3 Å². The number of aliphatic hydroxyl groups excluding tert-OH is 1. The third-order valence-electron chi connectivity index (χ3n) is 3.55. The quantitative estimate of drug-likeness (QED) is 0.943. The Kier molecular flexibility index (Phi) is 3.84. The molecule has 0 aliphatic carbocycles. The van der Waals surface area contributed by atoms with Crippen LogP contribution in [0.5, 0.6) is 0 Å². The van der Waals surface area contributed by atoms with Crippen molar-refractivity contribution in [1.82, 2.24) is 9.88 Å². The van der Waals surface area contributed by atoms with Crippen molar-refractivity contribution >= 4 is 17.2 Å². The first-order valence-corrected chi connectivity index (χ1v) is 7.59. The fourth-order valence-electron chi connectivity index (χ4n) is 2.49. The van der Waals surface area contributed by atoms with Gasteiger partial charge in [-0.1, -0.05) is 0 Å². The number of piperidine rings is 1. The molecule has 1 aliphatic heterocycles. The minimum Gasteiger partial charge on any atom is -0.462 e. The lowest BCUT2D eigenvalue weighted by Gasteiger charge is -2.34. The summed E-state index contributed by atoms with van der Waals surface area (Å²) in [5, 5.41) is 11.8. The summed E-state index contributed by atoms with van der Waals surface area (Å²) in [4.78, 5) is 18.6. The molecule has 2 aromatic rings. The molecule has 0 spiro atoms. The molecule has 0 bridgehead atoms. The summed E-state index contributed by atoms with van der Waals surface area (Å²) in [5.41, 5.74) is 0.432. The predicted octanol–water partition coefficient (Wildman–Crippen LogP) is 2.39. The van der Waals surface area contributed by atoms with E-state index in [0.29, 0.717) is 23.0 Å². The van der Waals surface area contributed by atoms with Crippen LogP contribution in [0, 0.1) is 0 Å². The number of aromatic nitrogens is 1. The number of nitrogens with zero attached hydrogens (tertiary/aromatic N) is 2. The second-order valence-electron chi connectivity index (χ2n) is 4.85. The van der Waals surface area contributed by atoms with Gasteiger partial charge < -0.3 is 14.4 Å². The molecular weight excluding hydrogens is 276 g/mol. The van der Waals surface area contributed by atoms with E-state index >= 15 is 0 Å². The van der Waals surface area contributed by atoms with E-state index in [1.807, 2.05) is 6.07 Å². The highest BCUT2D eigenvalue weighted by Crippen LogP contribution is 2.26. The molecule has 1 saturated heterocycles. The number of likely N-dealkylation sites (tertiary alicyclic amines) is 1. The molecule has 0 radical (unpaired) electrons. The largest absolute Gasteiger partial charge is 0.462 e. The highest BCUT2D eigenvalue weighted by molar-refractivity contribution is 7.13. The van der Waals surface area contributed by atoms with Crippen LogP contribution < -0.4 is 0 Å². The molecule has 20 heavy (non-hydrogen) atoms. The van der Waals surface area contributed by atoms with E-state index in [0.717, 1.165) is 19.3 Å². The molecule has 1 fully saturated rings. The molecule has 3 heterocycles. The topological polar surface area (TPSA) is 66.6 Å². The van der Waals surface area contributed by atoms with E-state index in [-0.39, 0.29) is 18.6 Å². The van der Waals surface area contributed by atoms with Gasteiger partial charge in [-0.25, -0.2) is 4.98 Å². The van der Waals surface area contributed by atoms with Gasteiger partial charge in [-0.2, -0.15) is 0 Å².